The normalized spacial score (nSPS) is 11.1. The second-order valence-electron chi connectivity index (χ2n) is 6.41. The summed E-state index contributed by atoms with van der Waals surface area (Å²) in [6, 6.07) is 7.14. The summed E-state index contributed by atoms with van der Waals surface area (Å²) in [5, 5.41) is 5.83. The maximum Gasteiger partial charge on any atom is 0.435 e. The van der Waals surface area contributed by atoms with Gasteiger partial charge in [0.2, 0.25) is 5.91 Å². The number of rotatable bonds is 4. The number of nitrogens with zero attached hydrogens (tertiary/aromatic N) is 3. The molecule has 0 spiro atoms. The van der Waals surface area contributed by atoms with Gasteiger partial charge in [-0.05, 0) is 30.3 Å². The van der Waals surface area contributed by atoms with Crippen LogP contribution in [-0.2, 0) is 11.0 Å². The fraction of sp³-hybridized carbons (Fsp3) is 0.105. The van der Waals surface area contributed by atoms with Gasteiger partial charge in [0, 0.05) is 24.2 Å². The van der Waals surface area contributed by atoms with Crippen LogP contribution in [0.2, 0.25) is 10.0 Å². The van der Waals surface area contributed by atoms with Crippen molar-refractivity contribution in [2.75, 3.05) is 5.32 Å². The van der Waals surface area contributed by atoms with E-state index in [-0.39, 0.29) is 27.1 Å². The number of alkyl halides is 3. The molecule has 0 saturated heterocycles. The highest BCUT2D eigenvalue weighted by molar-refractivity contribution is 6.32. The Kier molecular flexibility index (Phi) is 6.89. The minimum Gasteiger partial charge on any atom is -0.320 e. The summed E-state index contributed by atoms with van der Waals surface area (Å²) in [7, 11) is 0. The SMILES string of the molecule is CC(=O)NNC(=O)c1ccc(Cl)cc1NC(=O)c1cc(C(F)(F)F)nn1-c1ncccc1Cl. The Labute approximate surface area is 193 Å². The van der Waals surface area contributed by atoms with E-state index in [9.17, 15) is 27.6 Å². The van der Waals surface area contributed by atoms with E-state index in [0.29, 0.717) is 10.7 Å². The quantitative estimate of drug-likeness (QED) is 0.472. The maximum atomic E-state index is 13.3. The third kappa shape index (κ3) is 5.59. The summed E-state index contributed by atoms with van der Waals surface area (Å²) in [6.45, 7) is 1.16. The van der Waals surface area contributed by atoms with Crippen LogP contribution in [0.1, 0.15) is 33.5 Å². The molecule has 9 nitrogen and oxygen atoms in total. The molecule has 1 aromatic carbocycles. The molecular weight excluding hydrogens is 488 g/mol. The third-order valence-electron chi connectivity index (χ3n) is 4.00. The number of hydrogen-bond donors (Lipinski definition) is 3. The second-order valence-corrected chi connectivity index (χ2v) is 7.26. The molecule has 0 fully saturated rings. The van der Waals surface area contributed by atoms with Gasteiger partial charge < -0.3 is 5.32 Å². The Bertz CT molecular complexity index is 1250. The predicted molar refractivity (Wildman–Crippen MR) is 112 cm³/mol. The topological polar surface area (TPSA) is 118 Å². The number of benzene rings is 1. The Balaban J connectivity index is 2.03. The van der Waals surface area contributed by atoms with Crippen molar-refractivity contribution in [1.82, 2.24) is 25.6 Å². The summed E-state index contributed by atoms with van der Waals surface area (Å²) in [4.78, 5) is 40.2. The van der Waals surface area contributed by atoms with Crippen LogP contribution in [0.5, 0.6) is 0 Å². The highest BCUT2D eigenvalue weighted by Gasteiger charge is 2.36. The number of anilines is 1. The fourth-order valence-corrected chi connectivity index (χ4v) is 2.97. The molecule has 2 aromatic heterocycles. The lowest BCUT2D eigenvalue weighted by atomic mass is 10.1. The zero-order valence-corrected chi connectivity index (χ0v) is 18.0. The number of carbonyl (C=O) groups is 3. The van der Waals surface area contributed by atoms with Gasteiger partial charge >= 0.3 is 6.18 Å². The predicted octanol–water partition coefficient (Wildman–Crippen LogP) is 3.63. The van der Waals surface area contributed by atoms with E-state index in [0.717, 1.165) is 6.92 Å². The molecule has 0 unspecified atom stereocenters. The number of aromatic nitrogens is 3. The zero-order chi connectivity index (χ0) is 24.3. The number of hydrazine groups is 1. The van der Waals surface area contributed by atoms with Crippen molar-refractivity contribution in [1.29, 1.82) is 0 Å². The summed E-state index contributed by atoms with van der Waals surface area (Å²) < 4.78 is 40.5. The van der Waals surface area contributed by atoms with Crippen LogP contribution < -0.4 is 16.2 Å². The minimum absolute atomic E-state index is 0.0542. The number of pyridine rings is 1. The lowest BCUT2D eigenvalue weighted by Crippen LogP contribution is -2.40. The van der Waals surface area contributed by atoms with Crippen molar-refractivity contribution in [3.8, 4) is 5.82 Å². The van der Waals surface area contributed by atoms with Crippen molar-refractivity contribution in [3.63, 3.8) is 0 Å². The second kappa shape index (κ2) is 9.46. The van der Waals surface area contributed by atoms with Crippen molar-refractivity contribution < 1.29 is 27.6 Å². The average Bonchev–Trinajstić information content (AvgIpc) is 3.18. The van der Waals surface area contributed by atoms with Gasteiger partial charge in [-0.2, -0.15) is 18.3 Å². The standard InChI is InChI=1S/C19H13Cl2F3N6O3/c1-9(31)27-28-17(32)11-5-4-10(20)7-13(11)26-18(33)14-8-15(19(22,23)24)29-30(14)16-12(21)3-2-6-25-16/h2-8H,1H3,(H,26,33)(H,27,31)(H,28,32). The Morgan fingerprint density at radius 2 is 1.76 bits per heavy atom. The van der Waals surface area contributed by atoms with Gasteiger partial charge in [-0.15, -0.1) is 0 Å². The van der Waals surface area contributed by atoms with E-state index in [2.05, 4.69) is 26.3 Å². The van der Waals surface area contributed by atoms with Crippen LogP contribution >= 0.6 is 23.2 Å². The molecule has 0 aliphatic carbocycles. The molecule has 0 aliphatic heterocycles. The summed E-state index contributed by atoms with van der Waals surface area (Å²) >= 11 is 12.0. The smallest absolute Gasteiger partial charge is 0.320 e. The van der Waals surface area contributed by atoms with Gasteiger partial charge in [0.25, 0.3) is 11.8 Å². The minimum atomic E-state index is -4.86. The van der Waals surface area contributed by atoms with Crippen molar-refractivity contribution in [2.45, 2.75) is 13.1 Å². The summed E-state index contributed by atoms with van der Waals surface area (Å²) in [5.74, 6) is -2.64. The molecule has 0 aliphatic rings. The number of carbonyl (C=O) groups excluding carboxylic acids is 3. The van der Waals surface area contributed by atoms with E-state index in [1.807, 2.05) is 0 Å². The number of halogens is 5. The van der Waals surface area contributed by atoms with E-state index < -0.39 is 35.3 Å². The fourth-order valence-electron chi connectivity index (χ4n) is 2.59. The van der Waals surface area contributed by atoms with Crippen LogP contribution in [0.3, 0.4) is 0 Å². The monoisotopic (exact) mass is 500 g/mol. The molecule has 0 atom stereocenters. The average molecular weight is 501 g/mol. The van der Waals surface area contributed by atoms with Gasteiger partial charge in [0.1, 0.15) is 5.69 Å². The van der Waals surface area contributed by atoms with Gasteiger partial charge in [-0.25, -0.2) is 9.67 Å². The van der Waals surface area contributed by atoms with Crippen molar-refractivity contribution in [2.24, 2.45) is 0 Å². The number of hydrogen-bond acceptors (Lipinski definition) is 5. The Morgan fingerprint density at radius 1 is 1.03 bits per heavy atom. The van der Waals surface area contributed by atoms with Crippen molar-refractivity contribution in [3.05, 3.63) is 69.6 Å². The van der Waals surface area contributed by atoms with Crippen LogP contribution in [0.15, 0.2) is 42.6 Å². The van der Waals surface area contributed by atoms with E-state index in [1.165, 1.54) is 36.5 Å². The molecule has 3 rings (SSSR count). The molecule has 3 aromatic rings. The van der Waals surface area contributed by atoms with Gasteiger partial charge in [0.05, 0.1) is 16.3 Å². The number of amides is 3. The van der Waals surface area contributed by atoms with Crippen molar-refractivity contribution >= 4 is 46.6 Å². The van der Waals surface area contributed by atoms with Gasteiger partial charge in [0.15, 0.2) is 11.5 Å². The highest BCUT2D eigenvalue weighted by atomic mass is 35.5. The van der Waals surface area contributed by atoms with Crippen LogP contribution in [-0.4, -0.2) is 32.5 Å². The molecule has 172 valence electrons. The Morgan fingerprint density at radius 3 is 2.39 bits per heavy atom. The van der Waals surface area contributed by atoms with Gasteiger partial charge in [-0.1, -0.05) is 23.2 Å². The molecule has 2 heterocycles. The maximum absolute atomic E-state index is 13.3. The first-order chi connectivity index (χ1) is 15.5. The first kappa shape index (κ1) is 24.0. The molecular formula is C19H13Cl2F3N6O3. The van der Waals surface area contributed by atoms with Crippen LogP contribution in [0.25, 0.3) is 5.82 Å². The van der Waals surface area contributed by atoms with E-state index >= 15 is 0 Å². The van der Waals surface area contributed by atoms with Crippen LogP contribution in [0, 0.1) is 0 Å². The lowest BCUT2D eigenvalue weighted by Gasteiger charge is -2.13. The lowest BCUT2D eigenvalue weighted by molar-refractivity contribution is -0.141. The third-order valence-corrected chi connectivity index (χ3v) is 4.53. The summed E-state index contributed by atoms with van der Waals surface area (Å²) in [5.41, 5.74) is 2.02. The molecule has 14 heteroatoms. The first-order valence-electron chi connectivity index (χ1n) is 8.93. The molecule has 0 bridgehead atoms. The van der Waals surface area contributed by atoms with Gasteiger partial charge in [-0.3, -0.25) is 25.2 Å². The molecule has 0 radical (unpaired) electrons. The summed E-state index contributed by atoms with van der Waals surface area (Å²) in [6.07, 6.45) is -3.60. The zero-order valence-electron chi connectivity index (χ0n) is 16.5. The van der Waals surface area contributed by atoms with Crippen LogP contribution in [0.4, 0.5) is 18.9 Å². The molecule has 3 amide bonds. The number of nitrogens with one attached hydrogen (secondary N) is 3. The highest BCUT2D eigenvalue weighted by Crippen LogP contribution is 2.31. The Hall–Kier alpha value is -3.64. The first-order valence-corrected chi connectivity index (χ1v) is 9.69. The molecule has 33 heavy (non-hydrogen) atoms. The van der Waals surface area contributed by atoms with E-state index in [1.54, 1.807) is 0 Å². The molecule has 3 N–H and O–H groups in total. The molecule has 0 saturated carbocycles. The van der Waals surface area contributed by atoms with E-state index in [4.69, 9.17) is 23.2 Å². The largest absolute Gasteiger partial charge is 0.435 e.